The molecule has 1 aromatic carbocycles. The second-order valence-corrected chi connectivity index (χ2v) is 9.90. The van der Waals surface area contributed by atoms with Gasteiger partial charge < -0.3 is 15.1 Å². The van der Waals surface area contributed by atoms with E-state index in [1.54, 1.807) is 12.1 Å². The summed E-state index contributed by atoms with van der Waals surface area (Å²) in [5, 5.41) is 3.54. The summed E-state index contributed by atoms with van der Waals surface area (Å²) in [6.45, 7) is 6.85. The van der Waals surface area contributed by atoms with Gasteiger partial charge in [-0.25, -0.2) is 4.79 Å². The Morgan fingerprint density at radius 3 is 2.29 bits per heavy atom. The van der Waals surface area contributed by atoms with Crippen LogP contribution in [0.15, 0.2) is 24.3 Å². The fraction of sp³-hybridized carbons (Fsp3) is 0.667. The first kappa shape index (κ1) is 22.4. The molecule has 4 rings (SSSR count). The Balaban J connectivity index is 1.37. The number of amides is 3. The first-order chi connectivity index (χ1) is 15.0. The van der Waals surface area contributed by atoms with Gasteiger partial charge >= 0.3 is 6.03 Å². The highest BCUT2D eigenvalue weighted by atomic mass is 35.5. The number of nitrogens with one attached hydrogen (secondary N) is 1. The van der Waals surface area contributed by atoms with Gasteiger partial charge in [-0.2, -0.15) is 0 Å². The first-order valence-corrected chi connectivity index (χ1v) is 12.2. The Hall–Kier alpha value is -1.79. The van der Waals surface area contributed by atoms with Crippen molar-refractivity contribution in [3.05, 3.63) is 29.3 Å². The average Bonchev–Trinajstić information content (AvgIpc) is 3.29. The number of piperidine rings is 1. The summed E-state index contributed by atoms with van der Waals surface area (Å²) in [5.41, 5.74) is 0.707. The van der Waals surface area contributed by atoms with Crippen LogP contribution >= 0.6 is 11.6 Å². The molecule has 0 unspecified atom stereocenters. The van der Waals surface area contributed by atoms with Crippen molar-refractivity contribution in [2.24, 2.45) is 11.8 Å². The van der Waals surface area contributed by atoms with Gasteiger partial charge in [0, 0.05) is 50.0 Å². The lowest BCUT2D eigenvalue weighted by molar-refractivity contribution is -0.141. The second kappa shape index (κ2) is 10.2. The third-order valence-electron chi connectivity index (χ3n) is 7.27. The van der Waals surface area contributed by atoms with E-state index in [1.165, 1.54) is 12.8 Å². The zero-order valence-corrected chi connectivity index (χ0v) is 19.3. The quantitative estimate of drug-likeness (QED) is 0.749. The molecular weight excluding hydrogens is 412 g/mol. The molecule has 2 saturated heterocycles. The maximum absolute atomic E-state index is 13.6. The molecule has 3 fully saturated rings. The lowest BCUT2D eigenvalue weighted by Crippen LogP contribution is -2.59. The van der Waals surface area contributed by atoms with E-state index >= 15 is 0 Å². The molecule has 1 atom stereocenters. The number of halogens is 1. The number of benzene rings is 1. The van der Waals surface area contributed by atoms with Crippen molar-refractivity contribution in [2.45, 2.75) is 51.5 Å². The van der Waals surface area contributed by atoms with Crippen LogP contribution in [0.1, 0.15) is 45.4 Å². The highest BCUT2D eigenvalue weighted by Crippen LogP contribution is 2.33. The highest BCUT2D eigenvalue weighted by Gasteiger charge is 2.39. The van der Waals surface area contributed by atoms with Crippen LogP contribution in [-0.4, -0.2) is 71.9 Å². The number of anilines is 1. The van der Waals surface area contributed by atoms with Crippen LogP contribution in [0.5, 0.6) is 0 Å². The van der Waals surface area contributed by atoms with Crippen molar-refractivity contribution >= 4 is 29.2 Å². The summed E-state index contributed by atoms with van der Waals surface area (Å²) in [7, 11) is 0. The summed E-state index contributed by atoms with van der Waals surface area (Å²) >= 11 is 6.02. The minimum absolute atomic E-state index is 0.0194. The lowest BCUT2D eigenvalue weighted by Gasteiger charge is -2.43. The SMILES string of the molecule is CC1CCN(C(=O)[C@@H](C2CCCC2)N2CCN(C(=O)Nc3cccc(Cl)c3)CC2)CC1. The Kier molecular flexibility index (Phi) is 7.39. The van der Waals surface area contributed by atoms with E-state index < -0.39 is 0 Å². The predicted molar refractivity (Wildman–Crippen MR) is 124 cm³/mol. The van der Waals surface area contributed by atoms with Gasteiger partial charge in [-0.15, -0.1) is 0 Å². The molecule has 2 aliphatic heterocycles. The van der Waals surface area contributed by atoms with E-state index in [4.69, 9.17) is 11.6 Å². The number of likely N-dealkylation sites (tertiary alicyclic amines) is 1. The number of carbonyl (C=O) groups excluding carboxylic acids is 2. The maximum atomic E-state index is 13.6. The van der Waals surface area contributed by atoms with Gasteiger partial charge in [-0.1, -0.05) is 37.4 Å². The predicted octanol–water partition coefficient (Wildman–Crippen LogP) is 4.31. The van der Waals surface area contributed by atoms with E-state index in [1.807, 2.05) is 17.0 Å². The molecular formula is C24H35ClN4O2. The zero-order valence-electron chi connectivity index (χ0n) is 18.6. The Morgan fingerprint density at radius 2 is 1.65 bits per heavy atom. The molecule has 1 N–H and O–H groups in total. The third-order valence-corrected chi connectivity index (χ3v) is 7.50. The minimum Gasteiger partial charge on any atom is -0.341 e. The second-order valence-electron chi connectivity index (χ2n) is 9.46. The summed E-state index contributed by atoms with van der Waals surface area (Å²) in [5.74, 6) is 1.50. The summed E-state index contributed by atoms with van der Waals surface area (Å²) < 4.78 is 0. The van der Waals surface area contributed by atoms with Crippen molar-refractivity contribution < 1.29 is 9.59 Å². The van der Waals surface area contributed by atoms with E-state index in [0.29, 0.717) is 35.6 Å². The van der Waals surface area contributed by atoms with Crippen molar-refractivity contribution in [3.8, 4) is 0 Å². The van der Waals surface area contributed by atoms with Crippen LogP contribution in [0.3, 0.4) is 0 Å². The molecule has 31 heavy (non-hydrogen) atoms. The van der Waals surface area contributed by atoms with Crippen LogP contribution in [0, 0.1) is 11.8 Å². The van der Waals surface area contributed by atoms with Gasteiger partial charge in [0.15, 0.2) is 0 Å². The standard InChI is InChI=1S/C24H35ClN4O2/c1-18-9-11-28(12-10-18)23(30)22(19-5-2-3-6-19)27-13-15-29(16-14-27)24(31)26-21-8-4-7-20(25)17-21/h4,7-8,17-19,22H,2-3,5-6,9-16H2,1H3,(H,26,31)/t22-/m1/s1. The maximum Gasteiger partial charge on any atom is 0.321 e. The van der Waals surface area contributed by atoms with Crippen LogP contribution in [-0.2, 0) is 4.79 Å². The smallest absolute Gasteiger partial charge is 0.321 e. The zero-order chi connectivity index (χ0) is 21.8. The monoisotopic (exact) mass is 446 g/mol. The van der Waals surface area contributed by atoms with Gasteiger partial charge in [-0.05, 0) is 55.7 Å². The lowest BCUT2D eigenvalue weighted by atomic mass is 9.92. The minimum atomic E-state index is -0.101. The molecule has 7 heteroatoms. The largest absolute Gasteiger partial charge is 0.341 e. The number of urea groups is 1. The normalized spacial score (nSPS) is 22.5. The van der Waals surface area contributed by atoms with Gasteiger partial charge in [0.2, 0.25) is 5.91 Å². The van der Waals surface area contributed by atoms with Crippen LogP contribution in [0.2, 0.25) is 5.02 Å². The molecule has 2 heterocycles. The van der Waals surface area contributed by atoms with Crippen LogP contribution in [0.25, 0.3) is 0 Å². The average molecular weight is 447 g/mol. The Morgan fingerprint density at radius 1 is 0.968 bits per heavy atom. The van der Waals surface area contributed by atoms with E-state index in [0.717, 1.165) is 57.8 Å². The fourth-order valence-corrected chi connectivity index (χ4v) is 5.51. The molecule has 1 saturated carbocycles. The van der Waals surface area contributed by atoms with Gasteiger partial charge in [0.1, 0.15) is 0 Å². The fourth-order valence-electron chi connectivity index (χ4n) is 5.32. The van der Waals surface area contributed by atoms with Crippen LogP contribution < -0.4 is 5.32 Å². The molecule has 170 valence electrons. The number of carbonyl (C=O) groups is 2. The van der Waals surface area contributed by atoms with E-state index in [-0.39, 0.29) is 12.1 Å². The first-order valence-electron chi connectivity index (χ1n) is 11.9. The summed E-state index contributed by atoms with van der Waals surface area (Å²) in [4.78, 5) is 32.6. The van der Waals surface area contributed by atoms with E-state index in [2.05, 4.69) is 22.0 Å². The third kappa shape index (κ3) is 5.53. The molecule has 0 bridgehead atoms. The summed E-state index contributed by atoms with van der Waals surface area (Å²) in [6.07, 6.45) is 6.98. The molecule has 0 aromatic heterocycles. The number of piperazine rings is 1. The molecule has 0 spiro atoms. The number of hydrogen-bond acceptors (Lipinski definition) is 3. The van der Waals surface area contributed by atoms with E-state index in [9.17, 15) is 9.59 Å². The molecule has 1 aliphatic carbocycles. The Labute approximate surface area is 190 Å². The molecule has 1 aromatic rings. The number of nitrogens with zero attached hydrogens (tertiary/aromatic N) is 3. The number of hydrogen-bond donors (Lipinski definition) is 1. The number of rotatable bonds is 4. The van der Waals surface area contributed by atoms with Crippen molar-refractivity contribution in [3.63, 3.8) is 0 Å². The molecule has 3 amide bonds. The van der Waals surface area contributed by atoms with Crippen molar-refractivity contribution in [1.29, 1.82) is 0 Å². The van der Waals surface area contributed by atoms with Gasteiger partial charge in [0.25, 0.3) is 0 Å². The van der Waals surface area contributed by atoms with Crippen LogP contribution in [0.4, 0.5) is 10.5 Å². The molecule has 6 nitrogen and oxygen atoms in total. The summed E-state index contributed by atoms with van der Waals surface area (Å²) in [6, 6.07) is 7.09. The topological polar surface area (TPSA) is 55.9 Å². The molecule has 0 radical (unpaired) electrons. The van der Waals surface area contributed by atoms with Gasteiger partial charge in [-0.3, -0.25) is 9.69 Å². The van der Waals surface area contributed by atoms with Crippen molar-refractivity contribution in [1.82, 2.24) is 14.7 Å². The van der Waals surface area contributed by atoms with Gasteiger partial charge in [0.05, 0.1) is 6.04 Å². The molecule has 3 aliphatic rings. The van der Waals surface area contributed by atoms with Crippen molar-refractivity contribution in [2.75, 3.05) is 44.6 Å². The Bertz CT molecular complexity index is 767. The highest BCUT2D eigenvalue weighted by molar-refractivity contribution is 6.30.